The summed E-state index contributed by atoms with van der Waals surface area (Å²) >= 11 is 3.41. The van der Waals surface area contributed by atoms with Gasteiger partial charge in [0.25, 0.3) is 0 Å². The van der Waals surface area contributed by atoms with Gasteiger partial charge in [-0.05, 0) is 61.7 Å². The van der Waals surface area contributed by atoms with E-state index < -0.39 is 28.5 Å². The van der Waals surface area contributed by atoms with Crippen LogP contribution in [-0.4, -0.2) is 57.6 Å². The van der Waals surface area contributed by atoms with E-state index in [9.17, 15) is 18.0 Å². The number of hydrogen-bond acceptors (Lipinski definition) is 5. The Morgan fingerprint density at radius 3 is 2.34 bits per heavy atom. The van der Waals surface area contributed by atoms with Crippen molar-refractivity contribution in [2.75, 3.05) is 30.8 Å². The van der Waals surface area contributed by atoms with E-state index in [1.54, 1.807) is 44.4 Å². The lowest BCUT2D eigenvalue weighted by Crippen LogP contribution is -2.51. The molecule has 0 saturated heterocycles. The van der Waals surface area contributed by atoms with Crippen LogP contribution in [0.2, 0.25) is 0 Å². The second kappa shape index (κ2) is 12.9. The molecule has 2 rings (SSSR count). The smallest absolute Gasteiger partial charge is 0.244 e. The molecule has 0 aliphatic carbocycles. The van der Waals surface area contributed by atoms with Crippen LogP contribution in [-0.2, 0) is 26.2 Å². The fourth-order valence-electron chi connectivity index (χ4n) is 3.44. The van der Waals surface area contributed by atoms with Crippen molar-refractivity contribution < 1.29 is 22.7 Å². The number of halogens is 1. The molecule has 192 valence electrons. The predicted octanol–water partition coefficient (Wildman–Crippen LogP) is 3.87. The zero-order chi connectivity index (χ0) is 26.2. The number of anilines is 1. The number of aryl methyl sites for hydroxylation is 1. The molecule has 0 spiro atoms. The number of ether oxygens (including phenoxy) is 1. The monoisotopic (exact) mass is 567 g/mol. The quantitative estimate of drug-likeness (QED) is 0.393. The first-order valence-corrected chi connectivity index (χ1v) is 14.1. The van der Waals surface area contributed by atoms with Crippen LogP contribution in [0.1, 0.15) is 37.8 Å². The van der Waals surface area contributed by atoms with Gasteiger partial charge in [-0.2, -0.15) is 0 Å². The fraction of sp³-hybridized carbons (Fsp3) is 0.440. The summed E-state index contributed by atoms with van der Waals surface area (Å²) in [6, 6.07) is 11.5. The summed E-state index contributed by atoms with van der Waals surface area (Å²) in [7, 11) is -2.20. The molecule has 0 heterocycles. The van der Waals surface area contributed by atoms with Gasteiger partial charge in [-0.3, -0.25) is 13.9 Å². The molecule has 1 atom stereocenters. The minimum Gasteiger partial charge on any atom is -0.497 e. The third kappa shape index (κ3) is 8.24. The summed E-state index contributed by atoms with van der Waals surface area (Å²) < 4.78 is 32.4. The highest BCUT2D eigenvalue weighted by Gasteiger charge is 2.30. The molecule has 2 aromatic rings. The molecule has 2 amide bonds. The number of carbonyl (C=O) groups is 2. The van der Waals surface area contributed by atoms with Gasteiger partial charge < -0.3 is 15.0 Å². The van der Waals surface area contributed by atoms with Crippen LogP contribution in [0.4, 0.5) is 5.69 Å². The van der Waals surface area contributed by atoms with Gasteiger partial charge in [-0.25, -0.2) is 8.42 Å². The van der Waals surface area contributed by atoms with Gasteiger partial charge in [-0.1, -0.05) is 41.4 Å². The molecule has 2 aromatic carbocycles. The second-order valence-electron chi connectivity index (χ2n) is 8.39. The Bertz CT molecular complexity index is 1120. The lowest BCUT2D eigenvalue weighted by atomic mass is 10.1. The van der Waals surface area contributed by atoms with Crippen molar-refractivity contribution in [1.29, 1.82) is 0 Å². The number of hydrogen-bond donors (Lipinski definition) is 1. The van der Waals surface area contributed by atoms with Gasteiger partial charge in [-0.15, -0.1) is 0 Å². The molecule has 35 heavy (non-hydrogen) atoms. The van der Waals surface area contributed by atoms with Gasteiger partial charge in [0.2, 0.25) is 21.8 Å². The SMILES string of the molecule is CCCCNC(=O)C(C)N(Cc1ccc(OC)cc1)C(=O)CN(c1ccc(Br)c(C)c1)S(C)(=O)=O. The first-order valence-electron chi connectivity index (χ1n) is 11.4. The molecule has 0 aliphatic heterocycles. The highest BCUT2D eigenvalue weighted by atomic mass is 79.9. The predicted molar refractivity (Wildman–Crippen MR) is 142 cm³/mol. The maximum Gasteiger partial charge on any atom is 0.244 e. The molecular formula is C25H34BrN3O5S. The van der Waals surface area contributed by atoms with Crippen molar-refractivity contribution in [2.24, 2.45) is 0 Å². The molecule has 0 aromatic heterocycles. The number of carbonyl (C=O) groups excluding carboxylic acids is 2. The highest BCUT2D eigenvalue weighted by molar-refractivity contribution is 9.10. The van der Waals surface area contributed by atoms with Gasteiger partial charge in [0.15, 0.2) is 0 Å². The second-order valence-corrected chi connectivity index (χ2v) is 11.2. The molecule has 0 aliphatic rings. The minimum atomic E-state index is -3.77. The Morgan fingerprint density at radius 2 is 1.80 bits per heavy atom. The summed E-state index contributed by atoms with van der Waals surface area (Å²) in [6.07, 6.45) is 2.82. The fourth-order valence-corrected chi connectivity index (χ4v) is 4.53. The first-order chi connectivity index (χ1) is 16.5. The van der Waals surface area contributed by atoms with Crippen molar-refractivity contribution in [3.8, 4) is 5.75 Å². The number of nitrogens with zero attached hydrogens (tertiary/aromatic N) is 2. The summed E-state index contributed by atoms with van der Waals surface area (Å²) in [5.74, 6) is -0.0958. The number of sulfonamides is 1. The lowest BCUT2D eigenvalue weighted by molar-refractivity contribution is -0.139. The number of amides is 2. The van der Waals surface area contributed by atoms with Gasteiger partial charge in [0.05, 0.1) is 19.1 Å². The minimum absolute atomic E-state index is 0.141. The van der Waals surface area contributed by atoms with Crippen LogP contribution in [0.25, 0.3) is 0 Å². The Morgan fingerprint density at radius 1 is 1.14 bits per heavy atom. The average molecular weight is 569 g/mol. The van der Waals surface area contributed by atoms with E-state index in [4.69, 9.17) is 4.74 Å². The molecule has 0 fully saturated rings. The summed E-state index contributed by atoms with van der Waals surface area (Å²) in [4.78, 5) is 27.8. The van der Waals surface area contributed by atoms with Crippen LogP contribution < -0.4 is 14.4 Å². The number of methoxy groups -OCH3 is 1. The molecule has 8 nitrogen and oxygen atoms in total. The molecule has 10 heteroatoms. The van der Waals surface area contributed by atoms with E-state index in [0.29, 0.717) is 18.0 Å². The molecule has 0 radical (unpaired) electrons. The maximum absolute atomic E-state index is 13.5. The van der Waals surface area contributed by atoms with E-state index in [-0.39, 0.29) is 12.5 Å². The van der Waals surface area contributed by atoms with Gasteiger partial charge >= 0.3 is 0 Å². The molecule has 0 bridgehead atoms. The Kier molecular flexibility index (Phi) is 10.6. The topological polar surface area (TPSA) is 96.0 Å². The van der Waals surface area contributed by atoms with E-state index in [1.807, 2.05) is 26.0 Å². The molecule has 1 unspecified atom stereocenters. The molecular weight excluding hydrogens is 534 g/mol. The zero-order valence-corrected chi connectivity index (χ0v) is 23.3. The molecule has 0 saturated carbocycles. The highest BCUT2D eigenvalue weighted by Crippen LogP contribution is 2.25. The van der Waals surface area contributed by atoms with E-state index in [2.05, 4.69) is 21.2 Å². The van der Waals surface area contributed by atoms with E-state index in [1.165, 1.54) is 4.90 Å². The van der Waals surface area contributed by atoms with Crippen LogP contribution in [0.5, 0.6) is 5.75 Å². The molecule has 1 N–H and O–H groups in total. The Labute approximate surface area is 216 Å². The van der Waals surface area contributed by atoms with Crippen LogP contribution in [0.15, 0.2) is 46.9 Å². The van der Waals surface area contributed by atoms with Gasteiger partial charge in [0, 0.05) is 17.6 Å². The van der Waals surface area contributed by atoms with E-state index in [0.717, 1.165) is 39.0 Å². The maximum atomic E-state index is 13.5. The van der Waals surface area contributed by atoms with Crippen molar-refractivity contribution >= 4 is 43.5 Å². The normalized spacial score (nSPS) is 12.1. The van der Waals surface area contributed by atoms with Crippen molar-refractivity contribution in [3.05, 3.63) is 58.1 Å². The lowest BCUT2D eigenvalue weighted by Gasteiger charge is -2.31. The Balaban J connectivity index is 2.36. The third-order valence-electron chi connectivity index (χ3n) is 5.62. The largest absolute Gasteiger partial charge is 0.497 e. The zero-order valence-electron chi connectivity index (χ0n) is 20.9. The summed E-state index contributed by atoms with van der Waals surface area (Å²) in [6.45, 7) is 5.74. The van der Waals surface area contributed by atoms with Crippen molar-refractivity contribution in [2.45, 2.75) is 46.2 Å². The van der Waals surface area contributed by atoms with Crippen LogP contribution >= 0.6 is 15.9 Å². The third-order valence-corrected chi connectivity index (χ3v) is 7.65. The first kappa shape index (κ1) is 28.6. The Hall–Kier alpha value is -2.59. The van der Waals surface area contributed by atoms with Crippen LogP contribution in [0, 0.1) is 6.92 Å². The number of benzene rings is 2. The summed E-state index contributed by atoms with van der Waals surface area (Å²) in [5, 5.41) is 2.86. The average Bonchev–Trinajstić information content (AvgIpc) is 2.82. The van der Waals surface area contributed by atoms with E-state index >= 15 is 0 Å². The van der Waals surface area contributed by atoms with Crippen molar-refractivity contribution in [3.63, 3.8) is 0 Å². The van der Waals surface area contributed by atoms with Gasteiger partial charge in [0.1, 0.15) is 18.3 Å². The summed E-state index contributed by atoms with van der Waals surface area (Å²) in [5.41, 5.74) is 2.01. The number of unbranched alkanes of at least 4 members (excludes halogenated alkanes) is 1. The number of rotatable bonds is 12. The standard InChI is InChI=1S/C25H34BrN3O5S/c1-6-7-14-27-25(31)19(3)28(16-20-8-11-22(34-4)12-9-20)24(30)17-29(35(5,32)33)21-10-13-23(26)18(2)15-21/h8-13,15,19H,6-7,14,16-17H2,1-5H3,(H,27,31). The van der Waals surface area contributed by atoms with Crippen LogP contribution in [0.3, 0.4) is 0 Å². The number of nitrogens with one attached hydrogen (secondary N) is 1. The van der Waals surface area contributed by atoms with Crippen molar-refractivity contribution in [1.82, 2.24) is 10.2 Å².